The van der Waals surface area contributed by atoms with Crippen LogP contribution in [0, 0.1) is 6.92 Å². The smallest absolute Gasteiger partial charge is 0.207 e. The van der Waals surface area contributed by atoms with E-state index in [2.05, 4.69) is 66.1 Å². The monoisotopic (exact) mass is 243 g/mol. The van der Waals surface area contributed by atoms with Crippen molar-refractivity contribution in [1.82, 2.24) is 9.55 Å². The van der Waals surface area contributed by atoms with Crippen LogP contribution in [-0.2, 0) is 0 Å². The molecule has 0 unspecified atom stereocenters. The summed E-state index contributed by atoms with van der Waals surface area (Å²) in [4.78, 5) is 4.49. The zero-order chi connectivity index (χ0) is 13.1. The molecule has 18 heavy (non-hydrogen) atoms. The zero-order valence-corrected chi connectivity index (χ0v) is 11.6. The van der Waals surface area contributed by atoms with Gasteiger partial charge < -0.3 is 5.32 Å². The first kappa shape index (κ1) is 12.7. The third-order valence-electron chi connectivity index (χ3n) is 3.00. The lowest BCUT2D eigenvalue weighted by molar-refractivity contribution is 0.865. The normalized spacial score (nSPS) is 10.9. The molecule has 1 aromatic heterocycles. The molecule has 0 radical (unpaired) electrons. The van der Waals surface area contributed by atoms with Crippen molar-refractivity contribution in [1.29, 1.82) is 0 Å². The van der Waals surface area contributed by atoms with Crippen LogP contribution < -0.4 is 5.32 Å². The second-order valence-electron chi connectivity index (χ2n) is 4.85. The average Bonchev–Trinajstić information content (AvgIpc) is 2.71. The molecule has 1 aromatic carbocycles. The molecule has 0 saturated heterocycles. The number of nitrogens with one attached hydrogen (secondary N) is 1. The summed E-state index contributed by atoms with van der Waals surface area (Å²) in [5.41, 5.74) is 3.54. The molecule has 3 heteroatoms. The molecule has 0 spiro atoms. The number of aryl methyl sites for hydroxylation is 1. The highest BCUT2D eigenvalue weighted by molar-refractivity contribution is 5.44. The van der Waals surface area contributed by atoms with Gasteiger partial charge in [-0.25, -0.2) is 4.98 Å². The number of nitrogens with zero attached hydrogens (tertiary/aromatic N) is 2. The molecule has 0 amide bonds. The van der Waals surface area contributed by atoms with Crippen LogP contribution in [0.5, 0.6) is 0 Å². The Hall–Kier alpha value is -1.77. The summed E-state index contributed by atoms with van der Waals surface area (Å²) in [7, 11) is 0. The fourth-order valence-electron chi connectivity index (χ4n) is 2.00. The predicted octanol–water partition coefficient (Wildman–Crippen LogP) is 3.74. The van der Waals surface area contributed by atoms with E-state index in [0.29, 0.717) is 5.92 Å². The van der Waals surface area contributed by atoms with Crippen LogP contribution in [0.25, 0.3) is 5.69 Å². The van der Waals surface area contributed by atoms with Gasteiger partial charge in [0.25, 0.3) is 0 Å². The van der Waals surface area contributed by atoms with E-state index in [1.807, 2.05) is 6.92 Å². The lowest BCUT2D eigenvalue weighted by Crippen LogP contribution is -2.05. The van der Waals surface area contributed by atoms with Gasteiger partial charge in [0.05, 0.1) is 5.69 Å². The van der Waals surface area contributed by atoms with E-state index in [9.17, 15) is 0 Å². The molecule has 0 atom stereocenters. The van der Waals surface area contributed by atoms with Crippen LogP contribution in [0.15, 0.2) is 30.5 Å². The van der Waals surface area contributed by atoms with Crippen molar-refractivity contribution < 1.29 is 0 Å². The van der Waals surface area contributed by atoms with E-state index in [-0.39, 0.29) is 0 Å². The number of benzene rings is 1. The average molecular weight is 243 g/mol. The van der Waals surface area contributed by atoms with Gasteiger partial charge in [-0.1, -0.05) is 26.0 Å². The van der Waals surface area contributed by atoms with E-state index >= 15 is 0 Å². The Bertz CT molecular complexity index is 509. The first-order chi connectivity index (χ1) is 8.61. The molecule has 0 bridgehead atoms. The molecule has 0 fully saturated rings. The van der Waals surface area contributed by atoms with Crippen molar-refractivity contribution in [2.45, 2.75) is 33.6 Å². The summed E-state index contributed by atoms with van der Waals surface area (Å²) in [5.74, 6) is 1.48. The van der Waals surface area contributed by atoms with Gasteiger partial charge in [0.15, 0.2) is 0 Å². The minimum atomic E-state index is 0.566. The summed E-state index contributed by atoms with van der Waals surface area (Å²) < 4.78 is 2.10. The minimum absolute atomic E-state index is 0.566. The number of hydrogen-bond acceptors (Lipinski definition) is 2. The van der Waals surface area contributed by atoms with E-state index in [1.165, 1.54) is 5.56 Å². The number of imidazole rings is 1. The predicted molar refractivity (Wildman–Crippen MR) is 76.6 cm³/mol. The Morgan fingerprint density at radius 2 is 1.89 bits per heavy atom. The Morgan fingerprint density at radius 3 is 2.44 bits per heavy atom. The summed E-state index contributed by atoms with van der Waals surface area (Å²) in [6.07, 6.45) is 2.06. The van der Waals surface area contributed by atoms with Gasteiger partial charge in [0.2, 0.25) is 5.95 Å². The second-order valence-corrected chi connectivity index (χ2v) is 4.85. The van der Waals surface area contributed by atoms with E-state index in [0.717, 1.165) is 23.9 Å². The fraction of sp³-hybridized carbons (Fsp3) is 0.400. The molecule has 1 heterocycles. The van der Waals surface area contributed by atoms with Gasteiger partial charge in [0, 0.05) is 18.4 Å². The van der Waals surface area contributed by atoms with Crippen LogP contribution in [0.3, 0.4) is 0 Å². The first-order valence-corrected chi connectivity index (χ1v) is 6.52. The minimum Gasteiger partial charge on any atom is -0.356 e. The van der Waals surface area contributed by atoms with Crippen molar-refractivity contribution in [3.63, 3.8) is 0 Å². The lowest BCUT2D eigenvalue weighted by Gasteiger charge is -2.10. The van der Waals surface area contributed by atoms with Crippen molar-refractivity contribution in [2.24, 2.45) is 0 Å². The topological polar surface area (TPSA) is 29.9 Å². The molecular weight excluding hydrogens is 222 g/mol. The molecule has 1 N–H and O–H groups in total. The van der Waals surface area contributed by atoms with Gasteiger partial charge in [-0.2, -0.15) is 0 Å². The quantitative estimate of drug-likeness (QED) is 0.886. The summed E-state index contributed by atoms with van der Waals surface area (Å²) >= 11 is 0. The van der Waals surface area contributed by atoms with Gasteiger partial charge in [-0.15, -0.1) is 0 Å². The third kappa shape index (κ3) is 2.55. The maximum Gasteiger partial charge on any atom is 0.207 e. The van der Waals surface area contributed by atoms with Crippen molar-refractivity contribution >= 4 is 5.95 Å². The SMILES string of the molecule is CCNc1nc(C)cn1-c1ccc(C(C)C)cc1. The lowest BCUT2D eigenvalue weighted by atomic mass is 10.0. The second kappa shape index (κ2) is 5.25. The van der Waals surface area contributed by atoms with Gasteiger partial charge >= 0.3 is 0 Å². The van der Waals surface area contributed by atoms with Crippen molar-refractivity contribution in [3.8, 4) is 5.69 Å². The first-order valence-electron chi connectivity index (χ1n) is 6.52. The molecule has 96 valence electrons. The molecule has 0 aliphatic rings. The Balaban J connectivity index is 2.35. The highest BCUT2D eigenvalue weighted by Crippen LogP contribution is 2.20. The molecule has 0 aliphatic carbocycles. The number of aromatic nitrogens is 2. The third-order valence-corrected chi connectivity index (χ3v) is 3.00. The molecule has 3 nitrogen and oxygen atoms in total. The fourth-order valence-corrected chi connectivity index (χ4v) is 2.00. The van der Waals surface area contributed by atoms with Crippen LogP contribution in [0.2, 0.25) is 0 Å². The Morgan fingerprint density at radius 1 is 1.22 bits per heavy atom. The zero-order valence-electron chi connectivity index (χ0n) is 11.6. The summed E-state index contributed by atoms with van der Waals surface area (Å²) in [6.45, 7) is 9.39. The maximum atomic E-state index is 4.49. The van der Waals surface area contributed by atoms with Gasteiger partial charge in [-0.3, -0.25) is 4.57 Å². The van der Waals surface area contributed by atoms with E-state index in [4.69, 9.17) is 0 Å². The van der Waals surface area contributed by atoms with Crippen molar-refractivity contribution in [3.05, 3.63) is 41.7 Å². The van der Waals surface area contributed by atoms with E-state index in [1.54, 1.807) is 0 Å². The number of anilines is 1. The number of rotatable bonds is 4. The number of hydrogen-bond donors (Lipinski definition) is 1. The molecule has 0 saturated carbocycles. The summed E-state index contributed by atoms with van der Waals surface area (Å²) in [5, 5.41) is 3.28. The molecule has 0 aliphatic heterocycles. The van der Waals surface area contributed by atoms with Gasteiger partial charge in [-0.05, 0) is 37.5 Å². The molecule has 2 aromatic rings. The van der Waals surface area contributed by atoms with Crippen LogP contribution in [0.1, 0.15) is 37.9 Å². The molecular formula is C15H21N3. The van der Waals surface area contributed by atoms with E-state index < -0.39 is 0 Å². The van der Waals surface area contributed by atoms with Crippen LogP contribution >= 0.6 is 0 Å². The maximum absolute atomic E-state index is 4.49. The van der Waals surface area contributed by atoms with Crippen LogP contribution in [0.4, 0.5) is 5.95 Å². The summed E-state index contributed by atoms with van der Waals surface area (Å²) in [6, 6.07) is 8.67. The molecule has 2 rings (SSSR count). The Labute approximate surface area is 109 Å². The highest BCUT2D eigenvalue weighted by Gasteiger charge is 2.07. The van der Waals surface area contributed by atoms with Crippen LogP contribution in [-0.4, -0.2) is 16.1 Å². The standard InChI is InChI=1S/C15H21N3/c1-5-16-15-17-12(4)10-18(15)14-8-6-13(7-9-14)11(2)3/h6-11H,5H2,1-4H3,(H,16,17). The largest absolute Gasteiger partial charge is 0.356 e. The Kier molecular flexibility index (Phi) is 3.70. The highest BCUT2D eigenvalue weighted by atomic mass is 15.2. The van der Waals surface area contributed by atoms with Gasteiger partial charge in [0.1, 0.15) is 0 Å². The van der Waals surface area contributed by atoms with Crippen molar-refractivity contribution in [2.75, 3.05) is 11.9 Å².